The molecule has 168 valence electrons. The SMILES string of the molecule is CC(C)CN1CCOC(CNC(=O)c2cccc(S(=O)(=O)Nc3ccccc3F)c2)C1. The van der Waals surface area contributed by atoms with Crippen molar-refractivity contribution in [2.45, 2.75) is 24.8 Å². The van der Waals surface area contributed by atoms with Gasteiger partial charge in [0.25, 0.3) is 15.9 Å². The molecule has 1 amide bonds. The molecule has 0 radical (unpaired) electrons. The first kappa shape index (κ1) is 23.2. The van der Waals surface area contributed by atoms with Gasteiger partial charge >= 0.3 is 0 Å². The summed E-state index contributed by atoms with van der Waals surface area (Å²) in [6.45, 7) is 7.85. The number of hydrogen-bond acceptors (Lipinski definition) is 5. The van der Waals surface area contributed by atoms with Crippen LogP contribution in [0.25, 0.3) is 0 Å². The first-order valence-electron chi connectivity index (χ1n) is 10.2. The van der Waals surface area contributed by atoms with E-state index in [4.69, 9.17) is 4.74 Å². The highest BCUT2D eigenvalue weighted by Crippen LogP contribution is 2.19. The molecule has 0 aliphatic carbocycles. The van der Waals surface area contributed by atoms with E-state index in [2.05, 4.69) is 28.8 Å². The first-order chi connectivity index (χ1) is 14.7. The Morgan fingerprint density at radius 1 is 1.23 bits per heavy atom. The summed E-state index contributed by atoms with van der Waals surface area (Å²) in [5, 5.41) is 2.81. The van der Waals surface area contributed by atoms with E-state index in [1.807, 2.05) is 0 Å². The minimum atomic E-state index is -4.05. The molecule has 2 aromatic rings. The van der Waals surface area contributed by atoms with Crippen molar-refractivity contribution in [1.29, 1.82) is 0 Å². The molecule has 0 spiro atoms. The lowest BCUT2D eigenvalue weighted by atomic mass is 10.1. The predicted molar refractivity (Wildman–Crippen MR) is 117 cm³/mol. The fourth-order valence-corrected chi connectivity index (χ4v) is 4.56. The number of nitrogens with one attached hydrogen (secondary N) is 2. The number of halogens is 1. The summed E-state index contributed by atoms with van der Waals surface area (Å²) in [5.74, 6) is -0.525. The quantitative estimate of drug-likeness (QED) is 0.647. The number of benzene rings is 2. The van der Waals surface area contributed by atoms with Gasteiger partial charge in [-0.25, -0.2) is 12.8 Å². The number of para-hydroxylation sites is 1. The second-order valence-electron chi connectivity index (χ2n) is 7.97. The van der Waals surface area contributed by atoms with Crippen LogP contribution in [0, 0.1) is 11.7 Å². The van der Waals surface area contributed by atoms with Crippen molar-refractivity contribution >= 4 is 21.6 Å². The zero-order valence-electron chi connectivity index (χ0n) is 17.7. The number of morpholine rings is 1. The van der Waals surface area contributed by atoms with Crippen molar-refractivity contribution in [3.63, 3.8) is 0 Å². The highest BCUT2D eigenvalue weighted by molar-refractivity contribution is 7.92. The summed E-state index contributed by atoms with van der Waals surface area (Å²) < 4.78 is 47.0. The number of hydrogen-bond donors (Lipinski definition) is 2. The second kappa shape index (κ2) is 10.2. The first-order valence-corrected chi connectivity index (χ1v) is 11.7. The Morgan fingerprint density at radius 3 is 2.74 bits per heavy atom. The summed E-state index contributed by atoms with van der Waals surface area (Å²) >= 11 is 0. The van der Waals surface area contributed by atoms with E-state index in [0.717, 1.165) is 25.7 Å². The zero-order valence-corrected chi connectivity index (χ0v) is 18.5. The number of rotatable bonds is 8. The number of sulfonamides is 1. The lowest BCUT2D eigenvalue weighted by Crippen LogP contribution is -2.48. The fraction of sp³-hybridized carbons (Fsp3) is 0.409. The molecular formula is C22H28FN3O4S. The van der Waals surface area contributed by atoms with Crippen LogP contribution in [-0.4, -0.2) is 58.1 Å². The highest BCUT2D eigenvalue weighted by atomic mass is 32.2. The van der Waals surface area contributed by atoms with Gasteiger partial charge in [-0.05, 0) is 36.2 Å². The van der Waals surface area contributed by atoms with Crippen molar-refractivity contribution in [1.82, 2.24) is 10.2 Å². The van der Waals surface area contributed by atoms with Gasteiger partial charge in [0.1, 0.15) is 5.82 Å². The standard InChI is InChI=1S/C22H28FN3O4S/c1-16(2)14-26-10-11-30-18(15-26)13-24-22(27)17-6-5-7-19(12-17)31(28,29)25-21-9-4-3-8-20(21)23/h3-9,12,16,18,25H,10-11,13-15H2,1-2H3,(H,24,27). The molecule has 1 heterocycles. The Bertz CT molecular complexity index is 1010. The summed E-state index contributed by atoms with van der Waals surface area (Å²) in [6.07, 6.45) is -0.119. The lowest BCUT2D eigenvalue weighted by Gasteiger charge is -2.33. The molecule has 0 aromatic heterocycles. The molecule has 1 saturated heterocycles. The van der Waals surface area contributed by atoms with Gasteiger partial charge in [0.05, 0.1) is 23.3 Å². The minimum Gasteiger partial charge on any atom is -0.374 e. The topological polar surface area (TPSA) is 87.7 Å². The molecule has 31 heavy (non-hydrogen) atoms. The van der Waals surface area contributed by atoms with Crippen LogP contribution in [0.4, 0.5) is 10.1 Å². The van der Waals surface area contributed by atoms with Gasteiger partial charge in [-0.3, -0.25) is 14.4 Å². The molecular weight excluding hydrogens is 421 g/mol. The number of amides is 1. The maximum absolute atomic E-state index is 13.8. The van der Waals surface area contributed by atoms with Crippen molar-refractivity contribution in [3.05, 3.63) is 59.9 Å². The van der Waals surface area contributed by atoms with E-state index in [9.17, 15) is 17.6 Å². The summed E-state index contributed by atoms with van der Waals surface area (Å²) in [7, 11) is -4.05. The number of anilines is 1. The van der Waals surface area contributed by atoms with Gasteiger partial charge in [0.15, 0.2) is 0 Å². The summed E-state index contributed by atoms with van der Waals surface area (Å²) in [5.41, 5.74) is 0.0454. The Labute approximate surface area is 182 Å². The largest absolute Gasteiger partial charge is 0.374 e. The predicted octanol–water partition coefficient (Wildman–Crippen LogP) is 2.71. The van der Waals surface area contributed by atoms with Gasteiger partial charge in [0.2, 0.25) is 0 Å². The third-order valence-corrected chi connectivity index (χ3v) is 6.22. The van der Waals surface area contributed by atoms with Crippen LogP contribution in [-0.2, 0) is 14.8 Å². The third-order valence-electron chi connectivity index (χ3n) is 4.86. The van der Waals surface area contributed by atoms with Crippen LogP contribution in [0.1, 0.15) is 24.2 Å². The lowest BCUT2D eigenvalue weighted by molar-refractivity contribution is -0.0295. The van der Waals surface area contributed by atoms with Gasteiger partial charge in [-0.2, -0.15) is 0 Å². The van der Waals surface area contributed by atoms with E-state index in [-0.39, 0.29) is 22.3 Å². The second-order valence-corrected chi connectivity index (χ2v) is 9.65. The van der Waals surface area contributed by atoms with E-state index >= 15 is 0 Å². The van der Waals surface area contributed by atoms with E-state index in [1.54, 1.807) is 0 Å². The smallest absolute Gasteiger partial charge is 0.262 e. The molecule has 7 nitrogen and oxygen atoms in total. The van der Waals surface area contributed by atoms with E-state index < -0.39 is 21.7 Å². The minimum absolute atomic E-state index is 0.119. The molecule has 3 rings (SSSR count). The normalized spacial score (nSPS) is 17.5. The van der Waals surface area contributed by atoms with E-state index in [0.29, 0.717) is 19.1 Å². The Morgan fingerprint density at radius 2 is 2.00 bits per heavy atom. The molecule has 2 N–H and O–H groups in total. The number of carbonyl (C=O) groups excluding carboxylic acids is 1. The van der Waals surface area contributed by atoms with Crippen LogP contribution in [0.15, 0.2) is 53.4 Å². The van der Waals surface area contributed by atoms with Gasteiger partial charge in [0, 0.05) is 31.7 Å². The molecule has 0 saturated carbocycles. The third kappa shape index (κ3) is 6.49. The van der Waals surface area contributed by atoms with Crippen molar-refractivity contribution in [3.8, 4) is 0 Å². The van der Waals surface area contributed by atoms with E-state index in [1.165, 1.54) is 42.5 Å². The fourth-order valence-electron chi connectivity index (χ4n) is 3.45. The maximum Gasteiger partial charge on any atom is 0.262 e. The van der Waals surface area contributed by atoms with Crippen LogP contribution in [0.2, 0.25) is 0 Å². The van der Waals surface area contributed by atoms with Gasteiger partial charge in [-0.15, -0.1) is 0 Å². The summed E-state index contributed by atoms with van der Waals surface area (Å²) in [6, 6.07) is 11.1. The molecule has 1 aliphatic rings. The molecule has 1 fully saturated rings. The Hall–Kier alpha value is -2.49. The number of carbonyl (C=O) groups is 1. The van der Waals surface area contributed by atoms with Crippen molar-refractivity contribution < 1.29 is 22.3 Å². The molecule has 1 atom stereocenters. The average Bonchev–Trinajstić information content (AvgIpc) is 2.73. The number of nitrogens with zero attached hydrogens (tertiary/aromatic N) is 1. The molecule has 9 heteroatoms. The molecule has 1 aliphatic heterocycles. The van der Waals surface area contributed by atoms with Gasteiger partial charge < -0.3 is 10.1 Å². The molecule has 1 unspecified atom stereocenters. The average molecular weight is 450 g/mol. The molecule has 0 bridgehead atoms. The summed E-state index contributed by atoms with van der Waals surface area (Å²) in [4.78, 5) is 14.8. The Kier molecular flexibility index (Phi) is 7.64. The molecule has 2 aromatic carbocycles. The van der Waals surface area contributed by atoms with Gasteiger partial charge in [-0.1, -0.05) is 32.0 Å². The monoisotopic (exact) mass is 449 g/mol. The van der Waals surface area contributed by atoms with Crippen molar-refractivity contribution in [2.75, 3.05) is 37.5 Å². The van der Waals surface area contributed by atoms with Crippen molar-refractivity contribution in [2.24, 2.45) is 5.92 Å². The van der Waals surface area contributed by atoms with Crippen LogP contribution >= 0.6 is 0 Å². The highest BCUT2D eigenvalue weighted by Gasteiger charge is 2.22. The van der Waals surface area contributed by atoms with Crippen LogP contribution < -0.4 is 10.0 Å². The number of ether oxygens (including phenoxy) is 1. The Balaban J connectivity index is 1.63. The van der Waals surface area contributed by atoms with Crippen LogP contribution in [0.3, 0.4) is 0 Å². The van der Waals surface area contributed by atoms with Crippen LogP contribution in [0.5, 0.6) is 0 Å². The maximum atomic E-state index is 13.8. The zero-order chi connectivity index (χ0) is 22.4.